The topological polar surface area (TPSA) is 66.0 Å². The molecule has 126 valence electrons. The molecule has 1 aliphatic rings. The summed E-state index contributed by atoms with van der Waals surface area (Å²) in [7, 11) is 3.12. The Morgan fingerprint density at radius 1 is 1.17 bits per heavy atom. The maximum atomic E-state index is 12.3. The Balaban J connectivity index is 1.62. The lowest BCUT2D eigenvalue weighted by molar-refractivity contribution is -0.118. The molecule has 1 amide bonds. The van der Waals surface area contributed by atoms with E-state index in [4.69, 9.17) is 18.9 Å². The number of ether oxygens (including phenoxy) is 4. The molecule has 1 N–H and O–H groups in total. The van der Waals surface area contributed by atoms with Crippen LogP contribution in [0, 0.1) is 0 Å². The van der Waals surface area contributed by atoms with E-state index in [1.54, 1.807) is 32.4 Å². The molecule has 6 heteroatoms. The van der Waals surface area contributed by atoms with E-state index in [-0.39, 0.29) is 18.4 Å². The van der Waals surface area contributed by atoms with Gasteiger partial charge in [0.15, 0.2) is 11.5 Å². The van der Waals surface area contributed by atoms with Crippen molar-refractivity contribution in [2.75, 3.05) is 26.1 Å². The van der Waals surface area contributed by atoms with Crippen LogP contribution < -0.4 is 24.3 Å². The van der Waals surface area contributed by atoms with Crippen molar-refractivity contribution < 1.29 is 23.7 Å². The number of carbonyl (C=O) groups excluding carboxylic acids is 1. The predicted molar refractivity (Wildman–Crippen MR) is 89.1 cm³/mol. The van der Waals surface area contributed by atoms with Crippen LogP contribution in [0.25, 0.3) is 0 Å². The normalized spacial score (nSPS) is 15.5. The van der Waals surface area contributed by atoms with Gasteiger partial charge in [0.1, 0.15) is 24.2 Å². The van der Waals surface area contributed by atoms with Gasteiger partial charge in [-0.25, -0.2) is 0 Å². The number of methoxy groups -OCH3 is 2. The number of fused-ring (bicyclic) bond motifs is 1. The quantitative estimate of drug-likeness (QED) is 0.914. The Labute approximate surface area is 140 Å². The van der Waals surface area contributed by atoms with E-state index in [1.807, 2.05) is 24.3 Å². The lowest BCUT2D eigenvalue weighted by atomic mass is 10.2. The molecule has 1 heterocycles. The summed E-state index contributed by atoms with van der Waals surface area (Å²) in [4.78, 5) is 12.3. The third-order valence-corrected chi connectivity index (χ3v) is 3.66. The average Bonchev–Trinajstić information content (AvgIpc) is 2.62. The summed E-state index contributed by atoms with van der Waals surface area (Å²) in [5, 5.41) is 2.83. The van der Waals surface area contributed by atoms with E-state index in [1.165, 1.54) is 0 Å². The highest BCUT2D eigenvalue weighted by Crippen LogP contribution is 2.32. The van der Waals surface area contributed by atoms with Crippen molar-refractivity contribution in [3.05, 3.63) is 42.5 Å². The van der Waals surface area contributed by atoms with Crippen molar-refractivity contribution in [2.24, 2.45) is 0 Å². The molecule has 6 nitrogen and oxygen atoms in total. The maximum absolute atomic E-state index is 12.3. The van der Waals surface area contributed by atoms with Gasteiger partial charge in [0, 0.05) is 6.07 Å². The van der Waals surface area contributed by atoms with E-state index in [9.17, 15) is 4.79 Å². The average molecular weight is 329 g/mol. The van der Waals surface area contributed by atoms with Crippen LogP contribution in [0.15, 0.2) is 42.5 Å². The highest BCUT2D eigenvalue weighted by molar-refractivity contribution is 5.92. The van der Waals surface area contributed by atoms with Crippen LogP contribution in [-0.2, 0) is 4.79 Å². The van der Waals surface area contributed by atoms with Gasteiger partial charge in [-0.15, -0.1) is 0 Å². The van der Waals surface area contributed by atoms with Crippen LogP contribution in [0.1, 0.15) is 6.42 Å². The smallest absolute Gasteiger partial charge is 0.228 e. The molecule has 1 aliphatic heterocycles. The number of hydrogen-bond acceptors (Lipinski definition) is 5. The molecule has 0 aromatic heterocycles. The van der Waals surface area contributed by atoms with Crippen molar-refractivity contribution >= 4 is 11.6 Å². The van der Waals surface area contributed by atoms with Gasteiger partial charge in [-0.2, -0.15) is 0 Å². The molecular formula is C18H19NO5. The van der Waals surface area contributed by atoms with Crippen LogP contribution >= 0.6 is 0 Å². The maximum Gasteiger partial charge on any atom is 0.228 e. The minimum atomic E-state index is -0.329. The van der Waals surface area contributed by atoms with Crippen LogP contribution in [-0.4, -0.2) is 32.8 Å². The second-order valence-corrected chi connectivity index (χ2v) is 5.32. The van der Waals surface area contributed by atoms with Gasteiger partial charge < -0.3 is 24.3 Å². The van der Waals surface area contributed by atoms with Crippen molar-refractivity contribution in [3.63, 3.8) is 0 Å². The number of rotatable bonds is 5. The number of anilines is 1. The van der Waals surface area contributed by atoms with E-state index in [0.717, 1.165) is 0 Å². The van der Waals surface area contributed by atoms with E-state index in [0.29, 0.717) is 35.3 Å². The first-order valence-corrected chi connectivity index (χ1v) is 7.60. The summed E-state index contributed by atoms with van der Waals surface area (Å²) < 4.78 is 21.8. The molecule has 2 aromatic carbocycles. The molecule has 0 spiro atoms. The van der Waals surface area contributed by atoms with E-state index < -0.39 is 0 Å². The molecule has 0 unspecified atom stereocenters. The number of para-hydroxylation sites is 2. The molecule has 1 atom stereocenters. The molecule has 0 fully saturated rings. The van der Waals surface area contributed by atoms with Gasteiger partial charge in [-0.3, -0.25) is 4.79 Å². The summed E-state index contributed by atoms with van der Waals surface area (Å²) in [5.74, 6) is 2.38. The minimum absolute atomic E-state index is 0.175. The Bertz CT molecular complexity index is 731. The van der Waals surface area contributed by atoms with Gasteiger partial charge in [-0.1, -0.05) is 12.1 Å². The van der Waals surface area contributed by atoms with Gasteiger partial charge in [0.2, 0.25) is 5.91 Å². The van der Waals surface area contributed by atoms with Crippen molar-refractivity contribution in [1.82, 2.24) is 0 Å². The summed E-state index contributed by atoms with van der Waals surface area (Å²) in [6.45, 7) is 0.337. The van der Waals surface area contributed by atoms with Crippen LogP contribution in [0.3, 0.4) is 0 Å². The fourth-order valence-electron chi connectivity index (χ4n) is 2.47. The Kier molecular flexibility index (Phi) is 4.74. The van der Waals surface area contributed by atoms with Gasteiger partial charge in [0.05, 0.1) is 26.3 Å². The highest BCUT2D eigenvalue weighted by atomic mass is 16.6. The van der Waals surface area contributed by atoms with Crippen LogP contribution in [0.2, 0.25) is 0 Å². The molecule has 0 radical (unpaired) electrons. The molecule has 0 bridgehead atoms. The van der Waals surface area contributed by atoms with Crippen LogP contribution in [0.5, 0.6) is 23.0 Å². The fraction of sp³-hybridized carbons (Fsp3) is 0.278. The first-order valence-electron chi connectivity index (χ1n) is 7.60. The van der Waals surface area contributed by atoms with E-state index in [2.05, 4.69) is 5.32 Å². The number of hydrogen-bond donors (Lipinski definition) is 1. The molecule has 3 rings (SSSR count). The van der Waals surface area contributed by atoms with Crippen molar-refractivity contribution in [3.8, 4) is 23.0 Å². The van der Waals surface area contributed by atoms with Gasteiger partial charge in [0.25, 0.3) is 0 Å². The third kappa shape index (κ3) is 3.53. The number of nitrogens with one attached hydrogen (secondary N) is 1. The first-order chi connectivity index (χ1) is 11.7. The standard InChI is InChI=1S/C18H19NO5/c1-21-12-7-8-14(17(9-12)22-2)19-18(20)10-13-11-23-15-5-3-4-6-16(15)24-13/h3-9,13H,10-11H2,1-2H3,(H,19,20)/t13-/m1/s1. The molecule has 2 aromatic rings. The van der Waals surface area contributed by atoms with Gasteiger partial charge >= 0.3 is 0 Å². The fourth-order valence-corrected chi connectivity index (χ4v) is 2.47. The lowest BCUT2D eigenvalue weighted by Gasteiger charge is -2.26. The Morgan fingerprint density at radius 3 is 2.71 bits per heavy atom. The largest absolute Gasteiger partial charge is 0.497 e. The zero-order valence-corrected chi connectivity index (χ0v) is 13.6. The second kappa shape index (κ2) is 7.12. The van der Waals surface area contributed by atoms with Crippen molar-refractivity contribution in [1.29, 1.82) is 0 Å². The SMILES string of the molecule is COc1ccc(NC(=O)C[C@@H]2COc3ccccc3O2)c(OC)c1. The van der Waals surface area contributed by atoms with E-state index >= 15 is 0 Å². The monoisotopic (exact) mass is 329 g/mol. The summed E-state index contributed by atoms with van der Waals surface area (Å²) >= 11 is 0. The lowest BCUT2D eigenvalue weighted by Crippen LogP contribution is -2.33. The number of amides is 1. The molecule has 0 aliphatic carbocycles. The highest BCUT2D eigenvalue weighted by Gasteiger charge is 2.23. The third-order valence-electron chi connectivity index (χ3n) is 3.66. The van der Waals surface area contributed by atoms with Crippen molar-refractivity contribution in [2.45, 2.75) is 12.5 Å². The number of carbonyl (C=O) groups is 1. The Morgan fingerprint density at radius 2 is 1.96 bits per heavy atom. The zero-order valence-electron chi connectivity index (χ0n) is 13.6. The molecular weight excluding hydrogens is 310 g/mol. The van der Waals surface area contributed by atoms with Crippen LogP contribution in [0.4, 0.5) is 5.69 Å². The van der Waals surface area contributed by atoms with Gasteiger partial charge in [-0.05, 0) is 24.3 Å². The summed E-state index contributed by atoms with van der Waals surface area (Å²) in [6.07, 6.45) is -0.145. The first kappa shape index (κ1) is 16.0. The summed E-state index contributed by atoms with van der Waals surface area (Å²) in [6, 6.07) is 12.6. The molecule has 24 heavy (non-hydrogen) atoms. The number of benzene rings is 2. The second-order valence-electron chi connectivity index (χ2n) is 5.32. The minimum Gasteiger partial charge on any atom is -0.497 e. The molecule has 0 saturated heterocycles. The zero-order chi connectivity index (χ0) is 16.9. The summed E-state index contributed by atoms with van der Waals surface area (Å²) in [5.41, 5.74) is 0.584. The molecule has 0 saturated carbocycles. The predicted octanol–water partition coefficient (Wildman–Crippen LogP) is 2.87. The Hall–Kier alpha value is -2.89.